The van der Waals surface area contributed by atoms with Crippen molar-refractivity contribution in [1.29, 1.82) is 0 Å². The Kier molecular flexibility index (Phi) is 3.84. The van der Waals surface area contributed by atoms with E-state index in [0.29, 0.717) is 5.02 Å². The van der Waals surface area contributed by atoms with Gasteiger partial charge in [-0.1, -0.05) is 17.7 Å². The van der Waals surface area contributed by atoms with Gasteiger partial charge < -0.3 is 10.2 Å². The van der Waals surface area contributed by atoms with Crippen molar-refractivity contribution in [2.75, 3.05) is 25.0 Å². The van der Waals surface area contributed by atoms with Crippen molar-refractivity contribution in [3.05, 3.63) is 29.0 Å². The molecule has 1 aromatic rings. The molecule has 3 nitrogen and oxygen atoms in total. The summed E-state index contributed by atoms with van der Waals surface area (Å²) in [4.78, 5) is 13.5. The number of benzene rings is 1. The summed E-state index contributed by atoms with van der Waals surface area (Å²) in [6, 6.07) is 4.44. The predicted molar refractivity (Wildman–Crippen MR) is 65.7 cm³/mol. The second-order valence-corrected chi connectivity index (χ2v) is 4.45. The third-order valence-electron chi connectivity index (χ3n) is 2.84. The van der Waals surface area contributed by atoms with Crippen LogP contribution in [0.3, 0.4) is 0 Å². The number of para-hydroxylation sites is 1. The molecule has 1 aliphatic rings. The van der Waals surface area contributed by atoms with E-state index in [2.05, 4.69) is 5.32 Å². The first-order chi connectivity index (χ1) is 8.18. The van der Waals surface area contributed by atoms with Crippen LogP contribution in [0.2, 0.25) is 5.02 Å². The first-order valence-corrected chi connectivity index (χ1v) is 6.02. The van der Waals surface area contributed by atoms with Gasteiger partial charge in [0.2, 0.25) is 5.91 Å². The molecule has 0 bridgehead atoms. The topological polar surface area (TPSA) is 32.3 Å². The minimum atomic E-state index is -0.438. The quantitative estimate of drug-likeness (QED) is 0.901. The Morgan fingerprint density at radius 3 is 2.76 bits per heavy atom. The van der Waals surface area contributed by atoms with Crippen molar-refractivity contribution in [3.8, 4) is 0 Å². The summed E-state index contributed by atoms with van der Waals surface area (Å²) in [5, 5.41) is 3.05. The summed E-state index contributed by atoms with van der Waals surface area (Å²) < 4.78 is 13.4. The Labute approximate surface area is 105 Å². The molecule has 0 spiro atoms. The van der Waals surface area contributed by atoms with Crippen molar-refractivity contribution in [2.24, 2.45) is 0 Å². The van der Waals surface area contributed by atoms with Crippen molar-refractivity contribution < 1.29 is 9.18 Å². The summed E-state index contributed by atoms with van der Waals surface area (Å²) in [5.41, 5.74) is 0.196. The molecule has 0 aliphatic carbocycles. The fraction of sp³-hybridized carbons (Fsp3) is 0.417. The number of rotatable bonds is 3. The molecule has 0 radical (unpaired) electrons. The molecule has 0 saturated carbocycles. The number of hydrogen-bond acceptors (Lipinski definition) is 2. The average molecular weight is 257 g/mol. The molecule has 0 atom stereocenters. The molecule has 92 valence electrons. The summed E-state index contributed by atoms with van der Waals surface area (Å²) in [7, 11) is 0. The van der Waals surface area contributed by atoms with Crippen LogP contribution >= 0.6 is 11.6 Å². The van der Waals surface area contributed by atoms with Crippen LogP contribution in [-0.2, 0) is 4.79 Å². The van der Waals surface area contributed by atoms with Crippen molar-refractivity contribution in [2.45, 2.75) is 12.8 Å². The highest BCUT2D eigenvalue weighted by molar-refractivity contribution is 6.33. The molecule has 0 unspecified atom stereocenters. The number of carbonyl (C=O) groups excluding carboxylic acids is 1. The molecule has 0 aromatic heterocycles. The molecular weight excluding hydrogens is 243 g/mol. The molecule has 5 heteroatoms. The minimum Gasteiger partial charge on any atom is -0.373 e. The number of anilines is 1. The Morgan fingerprint density at radius 2 is 2.12 bits per heavy atom. The summed E-state index contributed by atoms with van der Waals surface area (Å²) >= 11 is 5.85. The van der Waals surface area contributed by atoms with Gasteiger partial charge in [0.05, 0.1) is 17.3 Å². The zero-order valence-electron chi connectivity index (χ0n) is 9.38. The number of hydrogen-bond donors (Lipinski definition) is 1. The van der Waals surface area contributed by atoms with Gasteiger partial charge in [0, 0.05) is 13.1 Å². The standard InChI is InChI=1S/C12H14ClFN2O/c13-9-4-3-5-10(14)12(9)15-8-11(17)16-6-1-2-7-16/h3-5,15H,1-2,6-8H2. The van der Waals surface area contributed by atoms with E-state index in [0.717, 1.165) is 25.9 Å². The van der Waals surface area contributed by atoms with Crippen LogP contribution in [0.25, 0.3) is 0 Å². The SMILES string of the molecule is O=C(CNc1c(F)cccc1Cl)N1CCCC1. The van der Waals surface area contributed by atoms with Crippen LogP contribution in [0.15, 0.2) is 18.2 Å². The number of carbonyl (C=O) groups is 1. The summed E-state index contributed by atoms with van der Waals surface area (Å²) in [6.07, 6.45) is 2.10. The van der Waals surface area contributed by atoms with E-state index < -0.39 is 5.82 Å². The predicted octanol–water partition coefficient (Wildman–Crippen LogP) is 2.51. The van der Waals surface area contributed by atoms with Crippen molar-refractivity contribution in [1.82, 2.24) is 4.90 Å². The van der Waals surface area contributed by atoms with Gasteiger partial charge in [0.1, 0.15) is 5.82 Å². The van der Waals surface area contributed by atoms with E-state index in [1.165, 1.54) is 12.1 Å². The summed E-state index contributed by atoms with van der Waals surface area (Å²) in [6.45, 7) is 1.68. The number of likely N-dealkylation sites (tertiary alicyclic amines) is 1. The fourth-order valence-electron chi connectivity index (χ4n) is 1.91. The molecule has 17 heavy (non-hydrogen) atoms. The maximum absolute atomic E-state index is 13.4. The second kappa shape index (κ2) is 5.36. The normalized spacial score (nSPS) is 15.1. The second-order valence-electron chi connectivity index (χ2n) is 4.04. The zero-order chi connectivity index (χ0) is 12.3. The first-order valence-electron chi connectivity index (χ1n) is 5.64. The van der Waals surface area contributed by atoms with Gasteiger partial charge in [-0.25, -0.2) is 4.39 Å². The largest absolute Gasteiger partial charge is 0.373 e. The lowest BCUT2D eigenvalue weighted by atomic mass is 10.3. The number of nitrogens with one attached hydrogen (secondary N) is 1. The van der Waals surface area contributed by atoms with Crippen LogP contribution in [0.5, 0.6) is 0 Å². The molecular formula is C12H14ClFN2O. The van der Waals surface area contributed by atoms with Gasteiger partial charge in [0.15, 0.2) is 0 Å². The number of halogens is 2. The first kappa shape index (κ1) is 12.2. The summed E-state index contributed by atoms with van der Waals surface area (Å²) in [5.74, 6) is -0.450. The van der Waals surface area contributed by atoms with Gasteiger partial charge in [-0.2, -0.15) is 0 Å². The van der Waals surface area contributed by atoms with E-state index in [9.17, 15) is 9.18 Å². The third-order valence-corrected chi connectivity index (χ3v) is 3.15. The fourth-order valence-corrected chi connectivity index (χ4v) is 2.14. The average Bonchev–Trinajstić information content (AvgIpc) is 2.81. The van der Waals surface area contributed by atoms with Gasteiger partial charge in [-0.3, -0.25) is 4.79 Å². The van der Waals surface area contributed by atoms with Crippen molar-refractivity contribution >= 4 is 23.2 Å². The lowest BCUT2D eigenvalue weighted by Crippen LogP contribution is -2.33. The Bertz CT molecular complexity index is 399. The molecule has 1 N–H and O–H groups in total. The Hall–Kier alpha value is -1.29. The van der Waals surface area contributed by atoms with E-state index in [4.69, 9.17) is 11.6 Å². The van der Waals surface area contributed by atoms with Gasteiger partial charge in [0.25, 0.3) is 0 Å². The zero-order valence-corrected chi connectivity index (χ0v) is 10.1. The van der Waals surface area contributed by atoms with E-state index in [-0.39, 0.29) is 18.1 Å². The third kappa shape index (κ3) is 2.88. The molecule has 1 fully saturated rings. The van der Waals surface area contributed by atoms with E-state index in [1.54, 1.807) is 11.0 Å². The van der Waals surface area contributed by atoms with Crippen LogP contribution in [0.4, 0.5) is 10.1 Å². The van der Waals surface area contributed by atoms with Gasteiger partial charge in [-0.15, -0.1) is 0 Å². The lowest BCUT2D eigenvalue weighted by Gasteiger charge is -2.16. The maximum atomic E-state index is 13.4. The van der Waals surface area contributed by atoms with Crippen LogP contribution in [-0.4, -0.2) is 30.4 Å². The molecule has 1 aliphatic heterocycles. The highest BCUT2D eigenvalue weighted by Crippen LogP contribution is 2.24. The molecule has 1 amide bonds. The van der Waals surface area contributed by atoms with Crippen LogP contribution in [0, 0.1) is 5.82 Å². The highest BCUT2D eigenvalue weighted by atomic mass is 35.5. The highest BCUT2D eigenvalue weighted by Gasteiger charge is 2.18. The Balaban J connectivity index is 1.95. The molecule has 2 rings (SSSR count). The molecule has 1 heterocycles. The Morgan fingerprint density at radius 1 is 1.41 bits per heavy atom. The van der Waals surface area contributed by atoms with E-state index >= 15 is 0 Å². The van der Waals surface area contributed by atoms with Gasteiger partial charge in [-0.05, 0) is 25.0 Å². The maximum Gasteiger partial charge on any atom is 0.241 e. The number of amides is 1. The van der Waals surface area contributed by atoms with Crippen LogP contribution < -0.4 is 5.32 Å². The monoisotopic (exact) mass is 256 g/mol. The molecule has 1 aromatic carbocycles. The van der Waals surface area contributed by atoms with Gasteiger partial charge >= 0.3 is 0 Å². The number of nitrogens with zero attached hydrogens (tertiary/aromatic N) is 1. The van der Waals surface area contributed by atoms with E-state index in [1.807, 2.05) is 0 Å². The minimum absolute atomic E-state index is 0.0122. The lowest BCUT2D eigenvalue weighted by molar-refractivity contribution is -0.128. The smallest absolute Gasteiger partial charge is 0.241 e. The van der Waals surface area contributed by atoms with Crippen molar-refractivity contribution in [3.63, 3.8) is 0 Å². The van der Waals surface area contributed by atoms with Crippen LogP contribution in [0.1, 0.15) is 12.8 Å². The molecule has 1 saturated heterocycles.